The molecule has 4 N–H and O–H groups in total. The van der Waals surface area contributed by atoms with Crippen LogP contribution in [0.2, 0.25) is 0 Å². The summed E-state index contributed by atoms with van der Waals surface area (Å²) >= 11 is 0. The molecule has 4 aliphatic rings. The predicted octanol–water partition coefficient (Wildman–Crippen LogP) is 9.01. The molecule has 9 nitrogen and oxygen atoms in total. The lowest BCUT2D eigenvalue weighted by Gasteiger charge is -2.37. The average Bonchev–Trinajstić information content (AvgIpc) is 3.32. The van der Waals surface area contributed by atoms with Gasteiger partial charge in [-0.15, -0.1) is 0 Å². The van der Waals surface area contributed by atoms with Crippen molar-refractivity contribution in [1.82, 2.24) is 25.0 Å². The second-order valence-electron chi connectivity index (χ2n) is 17.1. The summed E-state index contributed by atoms with van der Waals surface area (Å²) in [5, 5.41) is 14.1. The first-order valence-corrected chi connectivity index (χ1v) is 22.9. The lowest BCUT2D eigenvalue weighted by molar-refractivity contribution is -0.138. The molecule has 61 heavy (non-hydrogen) atoms. The van der Waals surface area contributed by atoms with E-state index in [-0.39, 0.29) is 5.92 Å². The highest BCUT2D eigenvalue weighted by molar-refractivity contribution is 5.79. The van der Waals surface area contributed by atoms with Crippen LogP contribution in [-0.2, 0) is 17.9 Å². The van der Waals surface area contributed by atoms with Gasteiger partial charge in [0.05, 0.1) is 0 Å². The zero-order valence-corrected chi connectivity index (χ0v) is 36.1. The van der Waals surface area contributed by atoms with Crippen molar-refractivity contribution in [2.45, 2.75) is 82.6 Å². The molecule has 1 aromatic heterocycles. The van der Waals surface area contributed by atoms with Gasteiger partial charge in [-0.2, -0.15) is 0 Å². The Morgan fingerprint density at radius 2 is 0.852 bits per heavy atom. The van der Waals surface area contributed by atoms with E-state index in [2.05, 4.69) is 162 Å². The number of pyridine rings is 1. The summed E-state index contributed by atoms with van der Waals surface area (Å²) in [4.78, 5) is 24.2. The van der Waals surface area contributed by atoms with E-state index in [0.717, 1.165) is 78.0 Å². The minimum Gasteiger partial charge on any atom is -0.382 e. The van der Waals surface area contributed by atoms with Crippen LogP contribution in [0, 0.1) is 5.92 Å². The second-order valence-corrected chi connectivity index (χ2v) is 17.1. The first-order valence-electron chi connectivity index (χ1n) is 22.9. The van der Waals surface area contributed by atoms with Crippen LogP contribution in [0.1, 0.15) is 62.5 Å². The topological polar surface area (TPSA) is 87.8 Å². The third-order valence-electron chi connectivity index (χ3n) is 12.5. The lowest BCUT2D eigenvalue weighted by atomic mass is 9.93. The number of hydrogen-bond acceptors (Lipinski definition) is 8. The molecule has 9 rings (SSSR count). The highest BCUT2D eigenvalue weighted by Crippen LogP contribution is 2.24. The van der Waals surface area contributed by atoms with Crippen molar-refractivity contribution in [2.24, 2.45) is 5.92 Å². The molecular weight excluding hydrogens is 753 g/mol. The van der Waals surface area contributed by atoms with Gasteiger partial charge in [-0.3, -0.25) is 19.6 Å². The summed E-state index contributed by atoms with van der Waals surface area (Å²) in [7, 11) is 0. The molecule has 5 heterocycles. The number of hydrogen-bond donors (Lipinski definition) is 4. The quantitative estimate of drug-likeness (QED) is 0.105. The largest absolute Gasteiger partial charge is 0.382 e. The number of amides is 1. The summed E-state index contributed by atoms with van der Waals surface area (Å²) in [5.74, 6) is 0.578. The van der Waals surface area contributed by atoms with Gasteiger partial charge in [0.2, 0.25) is 5.91 Å². The number of anilines is 3. The lowest BCUT2D eigenvalue weighted by Crippen LogP contribution is -2.47. The van der Waals surface area contributed by atoms with Crippen LogP contribution in [0.3, 0.4) is 0 Å². The van der Waals surface area contributed by atoms with Gasteiger partial charge in [0, 0.05) is 92.8 Å². The maximum atomic E-state index is 13.0. The summed E-state index contributed by atoms with van der Waals surface area (Å²) in [6.45, 7) is 10.4. The number of nitrogens with one attached hydrogen (secondary N) is 4. The van der Waals surface area contributed by atoms with Crippen LogP contribution < -0.4 is 21.3 Å². The summed E-state index contributed by atoms with van der Waals surface area (Å²) in [6.07, 6.45) is 12.6. The molecule has 0 saturated carbocycles. The minimum atomic E-state index is 0.201. The first-order chi connectivity index (χ1) is 30.1. The van der Waals surface area contributed by atoms with Gasteiger partial charge in [-0.05, 0) is 137 Å². The van der Waals surface area contributed by atoms with E-state index < -0.39 is 0 Å². The SMILES string of the molecule is O=C(C1CCN(Cc2ccncc2)CC1)N1CCC(Nc2ccccc2)CC1.c1ccc(CN2CCC(Nc3ccccc3)CC2)cc1.c1ccc(NC2CCNCC2)cc1. The Labute approximate surface area is 365 Å². The van der Waals surface area contributed by atoms with Gasteiger partial charge in [-0.25, -0.2) is 0 Å². The van der Waals surface area contributed by atoms with Gasteiger partial charge < -0.3 is 26.2 Å². The minimum absolute atomic E-state index is 0.201. The normalized spacial score (nSPS) is 18.5. The van der Waals surface area contributed by atoms with E-state index in [1.165, 1.54) is 67.0 Å². The van der Waals surface area contributed by atoms with Crippen LogP contribution in [0.15, 0.2) is 146 Å². The standard InChI is InChI=1S/C23H30N4O.C18H22N2.C11H16N2/c28-23(20-8-14-26(15-9-20)18-19-6-12-24-13-7-19)27-16-10-22(11-17-27)25-21-4-2-1-3-5-21;1-3-7-16(8-4-1)15-20-13-11-18(12-14-20)19-17-9-5-2-6-10-17;1-2-4-10(5-3-1)13-11-6-8-12-9-7-11/h1-7,12-13,20,22,25H,8-11,14-18H2;1-10,18-19H,11-15H2;1-5,11-13H,6-9H2. The van der Waals surface area contributed by atoms with E-state index in [4.69, 9.17) is 0 Å². The zero-order chi connectivity index (χ0) is 41.7. The Morgan fingerprint density at radius 3 is 1.31 bits per heavy atom. The molecular formula is C52H68N8O. The molecule has 0 spiro atoms. The second kappa shape index (κ2) is 24.3. The summed E-state index contributed by atoms with van der Waals surface area (Å²) in [5.41, 5.74) is 6.38. The molecule has 4 saturated heterocycles. The Bertz CT molecular complexity index is 1790. The molecule has 0 bridgehead atoms. The molecule has 4 aromatic carbocycles. The van der Waals surface area contributed by atoms with Crippen molar-refractivity contribution in [3.8, 4) is 0 Å². The van der Waals surface area contributed by atoms with Crippen molar-refractivity contribution in [3.63, 3.8) is 0 Å². The van der Waals surface area contributed by atoms with Crippen molar-refractivity contribution < 1.29 is 4.79 Å². The average molecular weight is 821 g/mol. The number of nitrogens with zero attached hydrogens (tertiary/aromatic N) is 4. The molecule has 5 aromatic rings. The number of benzene rings is 4. The van der Waals surface area contributed by atoms with Crippen LogP contribution in [-0.4, -0.2) is 96.1 Å². The van der Waals surface area contributed by atoms with Crippen molar-refractivity contribution in [2.75, 3.05) is 68.3 Å². The van der Waals surface area contributed by atoms with Crippen molar-refractivity contribution in [3.05, 3.63) is 157 Å². The third-order valence-corrected chi connectivity index (χ3v) is 12.5. The number of carbonyl (C=O) groups is 1. The van der Waals surface area contributed by atoms with Gasteiger partial charge in [-0.1, -0.05) is 84.9 Å². The number of para-hydroxylation sites is 3. The molecule has 322 valence electrons. The van der Waals surface area contributed by atoms with Gasteiger partial charge in [0.1, 0.15) is 0 Å². The highest BCUT2D eigenvalue weighted by atomic mass is 16.2. The molecule has 0 aliphatic carbocycles. The van der Waals surface area contributed by atoms with E-state index in [9.17, 15) is 4.79 Å². The first kappa shape index (κ1) is 43.9. The Balaban J connectivity index is 0.000000148. The molecule has 1 amide bonds. The molecule has 4 aliphatic heterocycles. The van der Waals surface area contributed by atoms with Crippen molar-refractivity contribution >= 4 is 23.0 Å². The smallest absolute Gasteiger partial charge is 0.225 e. The molecule has 0 radical (unpaired) electrons. The Kier molecular flexibility index (Phi) is 17.5. The Hall–Kier alpha value is -5.22. The number of piperidine rings is 4. The van der Waals surface area contributed by atoms with E-state index in [0.29, 0.717) is 24.0 Å². The van der Waals surface area contributed by atoms with Gasteiger partial charge >= 0.3 is 0 Å². The monoisotopic (exact) mass is 821 g/mol. The number of aromatic nitrogens is 1. The number of carbonyl (C=O) groups excluding carboxylic acids is 1. The maximum absolute atomic E-state index is 13.0. The van der Waals surface area contributed by atoms with Gasteiger partial charge in [0.15, 0.2) is 0 Å². The van der Waals surface area contributed by atoms with E-state index in [1.54, 1.807) is 0 Å². The number of rotatable bonds is 11. The van der Waals surface area contributed by atoms with Crippen LogP contribution >= 0.6 is 0 Å². The van der Waals surface area contributed by atoms with E-state index in [1.807, 2.05) is 24.5 Å². The summed E-state index contributed by atoms with van der Waals surface area (Å²) in [6, 6.07) is 48.0. The molecule has 0 unspecified atom stereocenters. The maximum Gasteiger partial charge on any atom is 0.225 e. The van der Waals surface area contributed by atoms with Crippen LogP contribution in [0.25, 0.3) is 0 Å². The van der Waals surface area contributed by atoms with Crippen LogP contribution in [0.4, 0.5) is 17.1 Å². The fourth-order valence-corrected chi connectivity index (χ4v) is 8.94. The Morgan fingerprint density at radius 1 is 0.475 bits per heavy atom. The predicted molar refractivity (Wildman–Crippen MR) is 253 cm³/mol. The number of likely N-dealkylation sites (tertiary alicyclic amines) is 3. The summed E-state index contributed by atoms with van der Waals surface area (Å²) < 4.78 is 0. The molecule has 9 heteroatoms. The highest BCUT2D eigenvalue weighted by Gasteiger charge is 2.31. The molecule has 0 atom stereocenters. The van der Waals surface area contributed by atoms with E-state index >= 15 is 0 Å². The van der Waals surface area contributed by atoms with Crippen molar-refractivity contribution in [1.29, 1.82) is 0 Å². The fourth-order valence-electron chi connectivity index (χ4n) is 8.94. The van der Waals surface area contributed by atoms with Gasteiger partial charge in [0.25, 0.3) is 0 Å². The third kappa shape index (κ3) is 15.0. The van der Waals surface area contributed by atoms with Crippen LogP contribution in [0.5, 0.6) is 0 Å². The zero-order valence-electron chi connectivity index (χ0n) is 36.1. The molecule has 4 fully saturated rings. The fraction of sp³-hybridized carbons (Fsp3) is 0.423.